The van der Waals surface area contributed by atoms with Crippen molar-refractivity contribution in [3.63, 3.8) is 0 Å². The van der Waals surface area contributed by atoms with E-state index in [-0.39, 0.29) is 17.2 Å². The molecular formula is C22H30N6O4S. The van der Waals surface area contributed by atoms with E-state index in [4.69, 9.17) is 9.47 Å². The third kappa shape index (κ3) is 5.79. The fraction of sp³-hybridized carbons (Fsp3) is 0.409. The number of nitrogens with zero attached hydrogens (tertiary/aromatic N) is 4. The molecule has 0 spiro atoms. The van der Waals surface area contributed by atoms with Crippen molar-refractivity contribution in [2.75, 3.05) is 31.6 Å². The van der Waals surface area contributed by atoms with Crippen LogP contribution in [0.1, 0.15) is 30.8 Å². The zero-order valence-corrected chi connectivity index (χ0v) is 20.4. The van der Waals surface area contributed by atoms with E-state index in [9.17, 15) is 8.42 Å². The smallest absolute Gasteiger partial charge is 0.244 e. The molecule has 0 bridgehead atoms. The Hall–Kier alpha value is -3.18. The second-order valence-electron chi connectivity index (χ2n) is 7.28. The maximum atomic E-state index is 12.8. The lowest BCUT2D eigenvalue weighted by atomic mass is 10.2. The van der Waals surface area contributed by atoms with Gasteiger partial charge in [-0.05, 0) is 64.4 Å². The van der Waals surface area contributed by atoms with E-state index in [0.717, 1.165) is 17.0 Å². The zero-order chi connectivity index (χ0) is 24.0. The van der Waals surface area contributed by atoms with Crippen LogP contribution in [0.15, 0.2) is 35.2 Å². The maximum Gasteiger partial charge on any atom is 0.244 e. The van der Waals surface area contributed by atoms with Gasteiger partial charge in [0.1, 0.15) is 22.2 Å². The molecule has 2 heterocycles. The van der Waals surface area contributed by atoms with Crippen LogP contribution in [0.2, 0.25) is 0 Å². The zero-order valence-electron chi connectivity index (χ0n) is 19.5. The van der Waals surface area contributed by atoms with Crippen molar-refractivity contribution in [3.05, 3.63) is 47.3 Å². The minimum Gasteiger partial charge on any atom is -0.494 e. The van der Waals surface area contributed by atoms with Crippen LogP contribution >= 0.6 is 0 Å². The third-order valence-corrected chi connectivity index (χ3v) is 6.56. The van der Waals surface area contributed by atoms with E-state index in [1.54, 1.807) is 29.8 Å². The molecule has 0 saturated heterocycles. The molecule has 0 aliphatic rings. The van der Waals surface area contributed by atoms with Gasteiger partial charge >= 0.3 is 0 Å². The molecule has 2 N–H and O–H groups in total. The Balaban J connectivity index is 1.59. The molecule has 0 amide bonds. The number of benzene rings is 1. The summed E-state index contributed by atoms with van der Waals surface area (Å²) >= 11 is 0. The average Bonchev–Trinajstić information content (AvgIpc) is 3.05. The maximum absolute atomic E-state index is 12.8. The van der Waals surface area contributed by atoms with E-state index in [0.29, 0.717) is 37.1 Å². The summed E-state index contributed by atoms with van der Waals surface area (Å²) in [5, 5.41) is 15.9. The minimum atomic E-state index is -3.77. The number of ether oxygens (including phenoxy) is 2. The van der Waals surface area contributed by atoms with Gasteiger partial charge in [-0.3, -0.25) is 0 Å². The highest BCUT2D eigenvalue weighted by Crippen LogP contribution is 2.28. The van der Waals surface area contributed by atoms with Gasteiger partial charge in [0.25, 0.3) is 0 Å². The lowest BCUT2D eigenvalue weighted by Crippen LogP contribution is -2.29. The first-order valence-corrected chi connectivity index (χ1v) is 12.2. The van der Waals surface area contributed by atoms with Crippen molar-refractivity contribution < 1.29 is 17.9 Å². The number of sulfonamides is 1. The van der Waals surface area contributed by atoms with Crippen molar-refractivity contribution in [1.82, 2.24) is 24.7 Å². The van der Waals surface area contributed by atoms with Crippen LogP contribution in [-0.2, 0) is 10.0 Å². The van der Waals surface area contributed by atoms with Crippen molar-refractivity contribution >= 4 is 15.8 Å². The summed E-state index contributed by atoms with van der Waals surface area (Å²) in [6.07, 6.45) is 0. The molecule has 10 nitrogen and oxygen atoms in total. The van der Waals surface area contributed by atoms with E-state index in [1.165, 1.54) is 6.07 Å². The SMILES string of the molecule is CCOc1ccc(S(=O)(=O)NCCNc2ccc(-n3nc(C)c(C)c3C)nn2)c(OCC)c1. The molecule has 0 aliphatic heterocycles. The van der Waals surface area contributed by atoms with E-state index in [2.05, 4.69) is 25.3 Å². The van der Waals surface area contributed by atoms with Gasteiger partial charge in [-0.1, -0.05) is 0 Å². The molecule has 3 rings (SSSR count). The lowest BCUT2D eigenvalue weighted by Gasteiger charge is -2.14. The second kappa shape index (κ2) is 10.6. The summed E-state index contributed by atoms with van der Waals surface area (Å²) < 4.78 is 40.8. The molecule has 2 aromatic heterocycles. The topological polar surface area (TPSA) is 120 Å². The standard InChI is InChI=1S/C22H30N6O4S/c1-6-31-18-8-9-20(19(14-18)32-7-2)33(29,30)24-13-12-23-21-10-11-22(26-25-21)28-17(5)15(3)16(4)27-28/h8-11,14,24H,6-7,12-13H2,1-5H3,(H,23,25). The van der Waals surface area contributed by atoms with Crippen LogP contribution in [0.25, 0.3) is 5.82 Å². The molecule has 0 radical (unpaired) electrons. The molecule has 0 aliphatic carbocycles. The first-order valence-electron chi connectivity index (χ1n) is 10.8. The molecule has 33 heavy (non-hydrogen) atoms. The number of hydrogen-bond acceptors (Lipinski definition) is 8. The van der Waals surface area contributed by atoms with Crippen molar-refractivity contribution in [2.24, 2.45) is 0 Å². The van der Waals surface area contributed by atoms with Gasteiger partial charge in [0.15, 0.2) is 5.82 Å². The van der Waals surface area contributed by atoms with Gasteiger partial charge in [-0.2, -0.15) is 5.10 Å². The van der Waals surface area contributed by atoms with Crippen LogP contribution < -0.4 is 19.5 Å². The molecule has 0 atom stereocenters. The molecule has 3 aromatic rings. The van der Waals surface area contributed by atoms with Crippen LogP contribution in [0.5, 0.6) is 11.5 Å². The molecular weight excluding hydrogens is 444 g/mol. The largest absolute Gasteiger partial charge is 0.494 e. The first-order chi connectivity index (χ1) is 15.8. The number of anilines is 1. The van der Waals surface area contributed by atoms with Crippen molar-refractivity contribution in [1.29, 1.82) is 0 Å². The van der Waals surface area contributed by atoms with E-state index in [1.807, 2.05) is 33.8 Å². The van der Waals surface area contributed by atoms with Gasteiger partial charge in [-0.25, -0.2) is 17.8 Å². The fourth-order valence-electron chi connectivity index (χ4n) is 3.17. The van der Waals surface area contributed by atoms with Crippen LogP contribution in [0.3, 0.4) is 0 Å². The Morgan fingerprint density at radius 1 is 0.970 bits per heavy atom. The fourth-order valence-corrected chi connectivity index (χ4v) is 4.32. The van der Waals surface area contributed by atoms with Crippen LogP contribution in [0, 0.1) is 20.8 Å². The van der Waals surface area contributed by atoms with Gasteiger partial charge in [0, 0.05) is 24.8 Å². The molecule has 0 fully saturated rings. The number of rotatable bonds is 11. The number of aryl methyl sites for hydroxylation is 1. The first kappa shape index (κ1) is 24.5. The highest BCUT2D eigenvalue weighted by atomic mass is 32.2. The summed E-state index contributed by atoms with van der Waals surface area (Å²) in [6.45, 7) is 10.9. The lowest BCUT2D eigenvalue weighted by molar-refractivity contribution is 0.317. The van der Waals surface area contributed by atoms with Crippen molar-refractivity contribution in [2.45, 2.75) is 39.5 Å². The quantitative estimate of drug-likeness (QED) is 0.407. The average molecular weight is 475 g/mol. The summed E-state index contributed by atoms with van der Waals surface area (Å²) in [5.74, 6) is 1.96. The normalized spacial score (nSPS) is 11.4. The highest BCUT2D eigenvalue weighted by Gasteiger charge is 2.20. The highest BCUT2D eigenvalue weighted by molar-refractivity contribution is 7.89. The number of nitrogens with one attached hydrogen (secondary N) is 2. The number of hydrogen-bond donors (Lipinski definition) is 2. The summed E-state index contributed by atoms with van der Waals surface area (Å²) in [7, 11) is -3.77. The molecule has 178 valence electrons. The minimum absolute atomic E-state index is 0.0668. The Labute approximate surface area is 194 Å². The predicted molar refractivity (Wildman–Crippen MR) is 126 cm³/mol. The Kier molecular flexibility index (Phi) is 7.88. The van der Waals surface area contributed by atoms with Crippen LogP contribution in [0.4, 0.5) is 5.82 Å². The summed E-state index contributed by atoms with van der Waals surface area (Å²) in [6, 6.07) is 8.27. The van der Waals surface area contributed by atoms with Crippen LogP contribution in [-0.4, -0.2) is 54.7 Å². The predicted octanol–water partition coefficient (Wildman–Crippen LogP) is 2.78. The third-order valence-electron chi connectivity index (χ3n) is 5.06. The second-order valence-corrected chi connectivity index (χ2v) is 9.02. The van der Waals surface area contributed by atoms with Gasteiger partial charge in [0.2, 0.25) is 10.0 Å². The Bertz CT molecular complexity index is 1190. The molecule has 1 aromatic carbocycles. The van der Waals surface area contributed by atoms with E-state index >= 15 is 0 Å². The number of aromatic nitrogens is 4. The van der Waals surface area contributed by atoms with Gasteiger partial charge in [-0.15, -0.1) is 10.2 Å². The Morgan fingerprint density at radius 3 is 2.33 bits per heavy atom. The Morgan fingerprint density at radius 2 is 1.73 bits per heavy atom. The molecule has 0 saturated carbocycles. The van der Waals surface area contributed by atoms with Gasteiger partial charge < -0.3 is 14.8 Å². The monoisotopic (exact) mass is 474 g/mol. The van der Waals surface area contributed by atoms with Crippen molar-refractivity contribution in [3.8, 4) is 17.3 Å². The van der Waals surface area contributed by atoms with E-state index < -0.39 is 10.0 Å². The van der Waals surface area contributed by atoms with Gasteiger partial charge in [0.05, 0.1) is 18.9 Å². The molecule has 0 unspecified atom stereocenters. The summed E-state index contributed by atoms with van der Waals surface area (Å²) in [5.41, 5.74) is 3.08. The molecule has 11 heteroatoms. The summed E-state index contributed by atoms with van der Waals surface area (Å²) in [4.78, 5) is 0.0668.